The molecule has 1 heterocycles. The Balaban J connectivity index is 2.46. The van der Waals surface area contributed by atoms with Crippen molar-refractivity contribution < 1.29 is 9.53 Å². The average Bonchev–Trinajstić information content (AvgIpc) is 2.78. The number of benzene rings is 1. The minimum atomic E-state index is -0.345. The first-order chi connectivity index (χ1) is 7.33. The van der Waals surface area contributed by atoms with Gasteiger partial charge in [0.2, 0.25) is 0 Å². The number of esters is 1. The third-order valence-corrected chi connectivity index (χ3v) is 2.86. The number of rotatable bonds is 2. The van der Waals surface area contributed by atoms with E-state index in [1.54, 1.807) is 6.20 Å². The van der Waals surface area contributed by atoms with Crippen LogP contribution in [0.1, 0.15) is 10.4 Å². The van der Waals surface area contributed by atoms with Crippen LogP contribution in [-0.4, -0.2) is 17.5 Å². The lowest BCUT2D eigenvalue weighted by atomic mass is 10.1. The highest BCUT2D eigenvalue weighted by Gasteiger charge is 2.15. The van der Waals surface area contributed by atoms with Gasteiger partial charge in [-0.15, -0.1) is 0 Å². The zero-order chi connectivity index (χ0) is 10.7. The molecular formula is C11H9NO2S. The van der Waals surface area contributed by atoms with E-state index in [1.165, 1.54) is 18.6 Å². The van der Waals surface area contributed by atoms with Gasteiger partial charge in [-0.05, 0) is 17.1 Å². The normalized spacial score (nSPS) is 9.93. The molecule has 0 radical (unpaired) electrons. The summed E-state index contributed by atoms with van der Waals surface area (Å²) in [7, 11) is 1.37. The zero-order valence-corrected chi connectivity index (χ0v) is 8.95. The Hall–Kier alpha value is -1.68. The summed E-state index contributed by atoms with van der Waals surface area (Å²) in [6.07, 6.45) is 1.54. The molecule has 0 N–H and O–H groups in total. The fourth-order valence-electron chi connectivity index (χ4n) is 1.29. The SMILES string of the molecule is COC(=O)c1cnsc1-c1ccccc1. The molecule has 1 aromatic carbocycles. The van der Waals surface area contributed by atoms with Crippen LogP contribution in [0.4, 0.5) is 0 Å². The number of hydrogen-bond acceptors (Lipinski definition) is 4. The molecule has 0 saturated carbocycles. The molecule has 0 aliphatic heterocycles. The molecule has 0 atom stereocenters. The second kappa shape index (κ2) is 4.23. The van der Waals surface area contributed by atoms with Crippen molar-refractivity contribution in [2.24, 2.45) is 0 Å². The highest BCUT2D eigenvalue weighted by molar-refractivity contribution is 7.10. The molecule has 0 aliphatic carbocycles. The Bertz CT molecular complexity index is 464. The summed E-state index contributed by atoms with van der Waals surface area (Å²) in [5, 5.41) is 0. The molecule has 0 bridgehead atoms. The predicted molar refractivity (Wildman–Crippen MR) is 58.9 cm³/mol. The van der Waals surface area contributed by atoms with Gasteiger partial charge < -0.3 is 4.74 Å². The third kappa shape index (κ3) is 1.89. The van der Waals surface area contributed by atoms with E-state index in [0.29, 0.717) is 5.56 Å². The lowest BCUT2D eigenvalue weighted by Crippen LogP contribution is -2.00. The van der Waals surface area contributed by atoms with Crippen LogP contribution in [0.5, 0.6) is 0 Å². The molecule has 0 unspecified atom stereocenters. The van der Waals surface area contributed by atoms with Crippen LogP contribution >= 0.6 is 11.5 Å². The van der Waals surface area contributed by atoms with Crippen molar-refractivity contribution in [3.05, 3.63) is 42.1 Å². The van der Waals surface area contributed by atoms with Crippen LogP contribution in [0, 0.1) is 0 Å². The van der Waals surface area contributed by atoms with Crippen molar-refractivity contribution >= 4 is 17.5 Å². The van der Waals surface area contributed by atoms with Gasteiger partial charge in [0.1, 0.15) is 0 Å². The third-order valence-electron chi connectivity index (χ3n) is 2.01. The maximum absolute atomic E-state index is 11.4. The Kier molecular flexibility index (Phi) is 2.78. The predicted octanol–water partition coefficient (Wildman–Crippen LogP) is 2.60. The first-order valence-corrected chi connectivity index (χ1v) is 5.18. The first-order valence-electron chi connectivity index (χ1n) is 4.41. The fraction of sp³-hybridized carbons (Fsp3) is 0.0909. The van der Waals surface area contributed by atoms with E-state index in [2.05, 4.69) is 9.11 Å². The van der Waals surface area contributed by atoms with Gasteiger partial charge in [0, 0.05) is 0 Å². The van der Waals surface area contributed by atoms with Gasteiger partial charge >= 0.3 is 5.97 Å². The van der Waals surface area contributed by atoms with Crippen molar-refractivity contribution in [1.29, 1.82) is 0 Å². The number of methoxy groups -OCH3 is 1. The molecule has 0 fully saturated rings. The fourth-order valence-corrected chi connectivity index (χ4v) is 2.03. The maximum Gasteiger partial charge on any atom is 0.340 e. The van der Waals surface area contributed by atoms with Crippen LogP contribution in [-0.2, 0) is 4.74 Å². The van der Waals surface area contributed by atoms with Crippen LogP contribution in [0.2, 0.25) is 0 Å². The smallest absolute Gasteiger partial charge is 0.340 e. The standard InChI is InChI=1S/C11H9NO2S/c1-14-11(13)9-7-12-15-10(9)8-5-3-2-4-6-8/h2-7H,1H3. The van der Waals surface area contributed by atoms with E-state index < -0.39 is 0 Å². The summed E-state index contributed by atoms with van der Waals surface area (Å²) < 4.78 is 8.69. The minimum Gasteiger partial charge on any atom is -0.465 e. The van der Waals surface area contributed by atoms with E-state index in [1.807, 2.05) is 30.3 Å². The molecule has 0 amide bonds. The second-order valence-corrected chi connectivity index (χ2v) is 3.73. The Labute approximate surface area is 91.5 Å². The highest BCUT2D eigenvalue weighted by atomic mass is 32.1. The Morgan fingerprint density at radius 1 is 1.33 bits per heavy atom. The summed E-state index contributed by atoms with van der Waals surface area (Å²) in [4.78, 5) is 12.3. The minimum absolute atomic E-state index is 0.345. The Morgan fingerprint density at radius 3 is 2.73 bits per heavy atom. The van der Waals surface area contributed by atoms with Crippen LogP contribution in [0.15, 0.2) is 36.5 Å². The topological polar surface area (TPSA) is 39.2 Å². The van der Waals surface area contributed by atoms with Gasteiger partial charge in [-0.25, -0.2) is 4.79 Å². The summed E-state index contributed by atoms with van der Waals surface area (Å²) in [6.45, 7) is 0. The van der Waals surface area contributed by atoms with Crippen molar-refractivity contribution in [1.82, 2.24) is 4.37 Å². The van der Waals surface area contributed by atoms with Gasteiger partial charge in [0.15, 0.2) is 0 Å². The van der Waals surface area contributed by atoms with Gasteiger partial charge in [0.25, 0.3) is 0 Å². The van der Waals surface area contributed by atoms with Crippen LogP contribution < -0.4 is 0 Å². The summed E-state index contributed by atoms with van der Waals surface area (Å²) in [5.74, 6) is -0.345. The maximum atomic E-state index is 11.4. The quantitative estimate of drug-likeness (QED) is 0.729. The number of nitrogens with zero attached hydrogens (tertiary/aromatic N) is 1. The zero-order valence-electron chi connectivity index (χ0n) is 8.14. The van der Waals surface area contributed by atoms with Crippen molar-refractivity contribution in [2.45, 2.75) is 0 Å². The summed E-state index contributed by atoms with van der Waals surface area (Å²) in [6, 6.07) is 9.68. The molecule has 15 heavy (non-hydrogen) atoms. The molecule has 2 rings (SSSR count). The number of carbonyl (C=O) groups is 1. The lowest BCUT2D eigenvalue weighted by molar-refractivity contribution is 0.0602. The van der Waals surface area contributed by atoms with Crippen molar-refractivity contribution in [3.8, 4) is 10.4 Å². The highest BCUT2D eigenvalue weighted by Crippen LogP contribution is 2.27. The van der Waals surface area contributed by atoms with Crippen LogP contribution in [0.25, 0.3) is 10.4 Å². The Morgan fingerprint density at radius 2 is 2.07 bits per heavy atom. The molecule has 76 valence electrons. The summed E-state index contributed by atoms with van der Waals surface area (Å²) in [5.41, 5.74) is 1.51. The largest absolute Gasteiger partial charge is 0.465 e. The molecule has 1 aromatic heterocycles. The molecule has 0 spiro atoms. The van der Waals surface area contributed by atoms with Gasteiger partial charge in [-0.2, -0.15) is 4.37 Å². The average molecular weight is 219 g/mol. The molecule has 4 heteroatoms. The van der Waals surface area contributed by atoms with Crippen LogP contribution in [0.3, 0.4) is 0 Å². The number of ether oxygens (including phenoxy) is 1. The summed E-state index contributed by atoms with van der Waals surface area (Å²) >= 11 is 1.30. The van der Waals surface area contributed by atoms with Gasteiger partial charge in [-0.3, -0.25) is 0 Å². The monoisotopic (exact) mass is 219 g/mol. The first kappa shape index (κ1) is 9.86. The molecule has 0 saturated heterocycles. The van der Waals surface area contributed by atoms with E-state index >= 15 is 0 Å². The molecule has 3 nitrogen and oxygen atoms in total. The van der Waals surface area contributed by atoms with Crippen molar-refractivity contribution in [2.75, 3.05) is 7.11 Å². The molecule has 2 aromatic rings. The lowest BCUT2D eigenvalue weighted by Gasteiger charge is -2.00. The van der Waals surface area contributed by atoms with E-state index in [9.17, 15) is 4.79 Å². The van der Waals surface area contributed by atoms with E-state index in [-0.39, 0.29) is 5.97 Å². The van der Waals surface area contributed by atoms with E-state index in [0.717, 1.165) is 10.4 Å². The number of hydrogen-bond donors (Lipinski definition) is 0. The number of carbonyl (C=O) groups excluding carboxylic acids is 1. The van der Waals surface area contributed by atoms with Gasteiger partial charge in [0.05, 0.1) is 23.7 Å². The molecule has 0 aliphatic rings. The van der Waals surface area contributed by atoms with E-state index in [4.69, 9.17) is 0 Å². The second-order valence-electron chi connectivity index (χ2n) is 2.93. The van der Waals surface area contributed by atoms with Crippen molar-refractivity contribution in [3.63, 3.8) is 0 Å². The van der Waals surface area contributed by atoms with Gasteiger partial charge in [-0.1, -0.05) is 30.3 Å². The molecular weight excluding hydrogens is 210 g/mol. The number of aromatic nitrogens is 1.